The van der Waals surface area contributed by atoms with Gasteiger partial charge >= 0.3 is 12.0 Å². The van der Waals surface area contributed by atoms with Gasteiger partial charge in [0.05, 0.1) is 19.2 Å². The molecule has 5 amide bonds. The fraction of sp³-hybridized carbons (Fsp3) is 0.611. The van der Waals surface area contributed by atoms with Crippen molar-refractivity contribution >= 4 is 197 Å². The summed E-state index contributed by atoms with van der Waals surface area (Å²) in [6, 6.07) is 2.62. The van der Waals surface area contributed by atoms with Gasteiger partial charge in [0.25, 0.3) is 0 Å². The van der Waals surface area contributed by atoms with Crippen molar-refractivity contribution in [2.45, 2.75) is 334 Å². The number of halogens is 1. The zero-order chi connectivity index (χ0) is 94.2. The number of carboxylic acid groups (broad SMARTS) is 1. The number of methoxy groups -OCH3 is 1. The van der Waals surface area contributed by atoms with E-state index in [-0.39, 0.29) is 390 Å². The highest BCUT2D eigenvalue weighted by Crippen LogP contribution is 2.33. The van der Waals surface area contributed by atoms with Gasteiger partial charge in [-0.25, -0.2) is 9.69 Å². The van der Waals surface area contributed by atoms with E-state index in [1.807, 2.05) is 22.6 Å². The molecule has 0 saturated carbocycles. The summed E-state index contributed by atoms with van der Waals surface area (Å²) in [5.41, 5.74) is 0.378. The number of rotatable bonds is 80. The Hall–Kier alpha value is -10.8. The number of Topliss-reactive ketones (excluding diaryl/α,β-unsaturated/α-hetero) is 24. The van der Waals surface area contributed by atoms with Gasteiger partial charge in [-0.1, -0.05) is 0 Å². The molecule has 1 saturated heterocycles. The molecule has 1 heterocycles. The minimum Gasteiger partial charge on any atom is -0.495 e. The minimum absolute atomic E-state index is 0.00584. The Bertz CT molecular complexity index is 4220. The molecule has 1 aromatic carbocycles. The lowest BCUT2D eigenvalue weighted by Crippen LogP contribution is -2.57. The van der Waals surface area contributed by atoms with Gasteiger partial charge in [-0.05, 0) is 47.7 Å². The normalized spacial score (nSPS) is 11.9. The summed E-state index contributed by atoms with van der Waals surface area (Å²) in [7, 11) is 1.41. The monoisotopic (exact) mass is 1880 g/mol. The summed E-state index contributed by atoms with van der Waals surface area (Å²) in [5.74, 6) is -12.5. The number of carboxylic acids is 1. The van der Waals surface area contributed by atoms with Crippen LogP contribution in [0, 0.1) is 3.57 Å². The summed E-state index contributed by atoms with van der Waals surface area (Å²) in [4.78, 5) is 361. The molecule has 0 radical (unpaired) electrons. The maximum absolute atomic E-state index is 13.4. The van der Waals surface area contributed by atoms with Crippen molar-refractivity contribution in [1.82, 2.24) is 15.5 Å². The zero-order valence-corrected chi connectivity index (χ0v) is 74.2. The van der Waals surface area contributed by atoms with Crippen LogP contribution >= 0.6 is 22.6 Å². The van der Waals surface area contributed by atoms with Gasteiger partial charge in [0.1, 0.15) is 157 Å². The van der Waals surface area contributed by atoms with Gasteiger partial charge in [0, 0.05) is 325 Å². The number of aliphatic carboxylic acids is 1. The number of amides is 5. The highest BCUT2D eigenvalue weighted by Gasteiger charge is 2.36. The Morgan fingerprint density at radius 1 is 0.333 bits per heavy atom. The third kappa shape index (κ3) is 54.2. The van der Waals surface area contributed by atoms with Gasteiger partial charge in [-0.3, -0.25) is 134 Å². The van der Waals surface area contributed by atoms with Gasteiger partial charge in [0.2, 0.25) is 17.7 Å². The quantitative estimate of drug-likeness (QED) is 0.0512. The zero-order valence-electron chi connectivity index (χ0n) is 72.0. The number of nitrogens with one attached hydrogen (secondary N) is 2. The molecule has 1 fully saturated rings. The van der Waals surface area contributed by atoms with E-state index in [1.165, 1.54) is 18.9 Å². The van der Waals surface area contributed by atoms with Crippen LogP contribution in [-0.4, -0.2) is 205 Å². The second kappa shape index (κ2) is 63.2. The summed E-state index contributed by atoms with van der Waals surface area (Å²) in [6.07, 6.45) is -9.24. The maximum atomic E-state index is 13.4. The molecule has 0 aromatic heterocycles. The summed E-state index contributed by atoms with van der Waals surface area (Å²) in [5, 5.41) is 14.0. The summed E-state index contributed by atoms with van der Waals surface area (Å²) in [6.45, 7) is 0.734. The molecule has 2 rings (SSSR count). The molecule has 35 nitrogen and oxygen atoms in total. The molecule has 690 valence electrons. The fourth-order valence-electron chi connectivity index (χ4n) is 12.5. The molecule has 1 aromatic rings. The molecular weight excluding hydrogens is 1760 g/mol. The number of carbonyl (C=O) groups is 29. The van der Waals surface area contributed by atoms with Gasteiger partial charge in [-0.2, -0.15) is 0 Å². The van der Waals surface area contributed by atoms with Crippen molar-refractivity contribution in [3.63, 3.8) is 0 Å². The number of carbonyl (C=O) groups excluding carboxylic acids is 28. The molecule has 1 aliphatic rings. The predicted molar refractivity (Wildman–Crippen MR) is 455 cm³/mol. The lowest BCUT2D eigenvalue weighted by Gasteiger charge is -2.35. The highest BCUT2D eigenvalue weighted by atomic mass is 127. The highest BCUT2D eigenvalue weighted by molar-refractivity contribution is 14.1. The SMILES string of the molecule is COc1ccc(I)cc1N1CCC(=O)N(CNC(=O)[C@H](CC(=O)O)NC(=O)CCC(=O)CCC(=O)CCC(=O)CCC(=O)CCC(=O)CCC(=O)CCC(=O)CCC(=O)CCC(=O)CCC(=O)CCC(=O)CCC(=O)CCC(=O)CCC(=O)CCC(=O)CCC(=O)CCC(=O)CCC(=O)CCC(=O)CCC(=O)CCC(=O)CCC(=O)CCC(=O)CCC(C)=O)C1=O. The van der Waals surface area contributed by atoms with Crippen LogP contribution in [0.2, 0.25) is 0 Å². The first-order valence-corrected chi connectivity index (χ1v) is 43.8. The molecule has 0 aliphatic carbocycles. The van der Waals surface area contributed by atoms with E-state index >= 15 is 0 Å². The Balaban J connectivity index is 1.47. The number of urea groups is 1. The van der Waals surface area contributed by atoms with Crippen molar-refractivity contribution < 1.29 is 149 Å². The third-order valence-electron chi connectivity index (χ3n) is 20.6. The van der Waals surface area contributed by atoms with Crippen molar-refractivity contribution in [2.24, 2.45) is 0 Å². The lowest BCUT2D eigenvalue weighted by molar-refractivity contribution is -0.141. The second-order valence-electron chi connectivity index (χ2n) is 31.3. The first-order valence-electron chi connectivity index (χ1n) is 42.7. The van der Waals surface area contributed by atoms with Crippen molar-refractivity contribution in [2.75, 3.05) is 25.2 Å². The van der Waals surface area contributed by atoms with Gasteiger partial charge in [0.15, 0.2) is 0 Å². The number of hydrogen-bond acceptors (Lipinski definition) is 30. The predicted octanol–water partition coefficient (Wildman–Crippen LogP) is 8.89. The van der Waals surface area contributed by atoms with Crippen molar-refractivity contribution in [3.05, 3.63) is 21.8 Å². The van der Waals surface area contributed by atoms with Crippen molar-refractivity contribution in [1.29, 1.82) is 0 Å². The van der Waals surface area contributed by atoms with Gasteiger partial charge in [-0.15, -0.1) is 0 Å². The minimum atomic E-state index is -1.66. The number of imide groups is 1. The smallest absolute Gasteiger partial charge is 0.332 e. The summed E-state index contributed by atoms with van der Waals surface area (Å²) >= 11 is 2.04. The average Bonchev–Trinajstić information content (AvgIpc) is 0.793. The summed E-state index contributed by atoms with van der Waals surface area (Å²) < 4.78 is 6.13. The molecular formula is C90H117IN4O31. The van der Waals surface area contributed by atoms with E-state index in [0.29, 0.717) is 11.4 Å². The van der Waals surface area contributed by atoms with E-state index in [1.54, 1.807) is 18.2 Å². The number of benzene rings is 1. The van der Waals surface area contributed by atoms with Crippen LogP contribution in [0.15, 0.2) is 18.2 Å². The van der Waals surface area contributed by atoms with Crippen LogP contribution in [0.25, 0.3) is 0 Å². The number of ether oxygens (including phenoxy) is 1. The van der Waals surface area contributed by atoms with E-state index in [9.17, 15) is 144 Å². The second-order valence-corrected chi connectivity index (χ2v) is 32.6. The molecule has 1 aliphatic heterocycles. The first kappa shape index (κ1) is 111. The maximum Gasteiger partial charge on any atom is 0.332 e. The Morgan fingerprint density at radius 2 is 0.540 bits per heavy atom. The Kier molecular flexibility index (Phi) is 55.8. The standard InChI is InChI=1S/C90H117IN4O31/c1-58(96)3-5-60(97)6-7-61(98)8-9-62(99)10-11-63(100)12-13-64(101)14-15-65(102)16-17-66(103)18-19-67(104)20-21-68(105)22-23-69(106)24-25-70(107)26-27-71(108)28-29-72(109)30-31-73(110)32-33-74(111)34-35-75(112)36-37-76(113)38-39-77(114)40-41-78(115)42-43-79(116)44-45-80(117)46-47-81(118)48-49-82(119)50-52-86(120)93-83(56-88(122)123)89(124)92-57-95-87(121)53-54-94(90(95)125)84-55-59(91)4-51-85(84)126-2/h4,51,55,83H,3,5-50,52-54,56-57H2,1-2H3,(H,92,124)(H,93,120)(H,122,123)/t83-/m0/s1. The molecule has 0 bridgehead atoms. The van der Waals surface area contributed by atoms with Crippen LogP contribution in [-0.2, 0) is 134 Å². The van der Waals surface area contributed by atoms with E-state index in [2.05, 4.69) is 10.6 Å². The van der Waals surface area contributed by atoms with Crippen molar-refractivity contribution in [3.8, 4) is 5.75 Å². The van der Waals surface area contributed by atoms with Gasteiger partial charge < -0.3 is 25.3 Å². The van der Waals surface area contributed by atoms with Crippen LogP contribution in [0.4, 0.5) is 10.5 Å². The molecule has 0 spiro atoms. The number of nitrogens with zero attached hydrogens (tertiary/aromatic N) is 2. The average molecular weight is 1880 g/mol. The molecule has 126 heavy (non-hydrogen) atoms. The Labute approximate surface area is 744 Å². The van der Waals surface area contributed by atoms with Crippen LogP contribution in [0.3, 0.4) is 0 Å². The van der Waals surface area contributed by atoms with E-state index < -0.39 is 119 Å². The largest absolute Gasteiger partial charge is 0.495 e. The molecule has 3 N–H and O–H groups in total. The number of anilines is 1. The Morgan fingerprint density at radius 3 is 0.738 bits per heavy atom. The van der Waals surface area contributed by atoms with Crippen LogP contribution in [0.1, 0.15) is 328 Å². The number of ketones is 24. The lowest BCUT2D eigenvalue weighted by atomic mass is 9.99. The fourth-order valence-corrected chi connectivity index (χ4v) is 12.9. The van der Waals surface area contributed by atoms with E-state index in [0.717, 1.165) is 8.47 Å². The van der Waals surface area contributed by atoms with Crippen LogP contribution < -0.4 is 20.3 Å². The molecule has 0 unspecified atom stereocenters. The first-order chi connectivity index (χ1) is 59.6. The molecule has 36 heteroatoms. The van der Waals surface area contributed by atoms with E-state index in [4.69, 9.17) is 4.74 Å². The third-order valence-corrected chi connectivity index (χ3v) is 21.3. The topological polar surface area (TPSA) is 555 Å². The molecule has 1 atom stereocenters. The number of hydrogen-bond donors (Lipinski definition) is 3. The van der Waals surface area contributed by atoms with Crippen LogP contribution in [0.5, 0.6) is 5.75 Å².